The van der Waals surface area contributed by atoms with Crippen LogP contribution in [0.2, 0.25) is 0 Å². The largest absolute Gasteiger partial charge is 0.472 e. The van der Waals surface area contributed by atoms with E-state index in [1.165, 1.54) is 135 Å². The highest BCUT2D eigenvalue weighted by Gasteiger charge is 2.27. The number of quaternary nitrogens is 1. The van der Waals surface area contributed by atoms with Crippen molar-refractivity contribution in [2.75, 3.05) is 40.9 Å². The first kappa shape index (κ1) is 62.2. The third-order valence-corrected chi connectivity index (χ3v) is 12.7. The molecule has 0 aliphatic rings. The van der Waals surface area contributed by atoms with Gasteiger partial charge in [-0.2, -0.15) is 0 Å². The van der Waals surface area contributed by atoms with Crippen molar-refractivity contribution in [1.29, 1.82) is 0 Å². The van der Waals surface area contributed by atoms with Crippen molar-refractivity contribution >= 4 is 13.7 Å². The van der Waals surface area contributed by atoms with E-state index in [1.807, 2.05) is 27.2 Å². The molecule has 3 atom stereocenters. The zero-order valence-electron chi connectivity index (χ0n) is 42.5. The molecule has 0 heterocycles. The average molecular weight is 920 g/mol. The van der Waals surface area contributed by atoms with Crippen molar-refractivity contribution < 1.29 is 32.9 Å². The van der Waals surface area contributed by atoms with Crippen LogP contribution in [-0.4, -0.2) is 73.4 Å². The molecule has 0 aliphatic carbocycles. The number of likely N-dealkylation sites (N-methyl/N-ethyl adjacent to an activating group) is 1. The highest BCUT2D eigenvalue weighted by Crippen LogP contribution is 2.43. The molecule has 0 fully saturated rings. The summed E-state index contributed by atoms with van der Waals surface area (Å²) in [5.74, 6) is -0.205. The first-order valence-electron chi connectivity index (χ1n) is 26.7. The Bertz CT molecular complexity index is 1230. The van der Waals surface area contributed by atoms with Crippen LogP contribution in [0.3, 0.4) is 0 Å². The molecule has 0 aromatic heterocycles. The number of phosphoric ester groups is 1. The molecular weight excluding hydrogens is 816 g/mol. The van der Waals surface area contributed by atoms with E-state index in [9.17, 15) is 19.4 Å². The van der Waals surface area contributed by atoms with Crippen molar-refractivity contribution in [1.82, 2.24) is 5.32 Å². The Morgan fingerprint density at radius 1 is 0.547 bits per heavy atom. The summed E-state index contributed by atoms with van der Waals surface area (Å²) in [6, 6.07) is -0.875. The molecule has 0 bridgehead atoms. The van der Waals surface area contributed by atoms with E-state index in [1.54, 1.807) is 6.08 Å². The Labute approximate surface area is 396 Å². The molecule has 0 rings (SSSR count). The molecule has 3 N–H and O–H groups in total. The van der Waals surface area contributed by atoms with Gasteiger partial charge in [0, 0.05) is 6.42 Å². The molecular formula is C55H104N2O6P+. The van der Waals surface area contributed by atoms with Gasteiger partial charge in [-0.1, -0.05) is 222 Å². The quantitative estimate of drug-likeness (QED) is 0.0243. The summed E-state index contributed by atoms with van der Waals surface area (Å²) >= 11 is 0. The Balaban J connectivity index is 4.27. The number of aliphatic hydroxyl groups is 1. The number of aliphatic hydroxyl groups excluding tert-OH is 1. The predicted molar refractivity (Wildman–Crippen MR) is 277 cm³/mol. The van der Waals surface area contributed by atoms with Crippen LogP contribution in [0.25, 0.3) is 0 Å². The summed E-state index contributed by atoms with van der Waals surface area (Å²) in [6.45, 7) is 4.68. The highest BCUT2D eigenvalue weighted by atomic mass is 31.2. The van der Waals surface area contributed by atoms with Crippen LogP contribution in [0, 0.1) is 0 Å². The Hall–Kier alpha value is -1.80. The summed E-state index contributed by atoms with van der Waals surface area (Å²) in [5, 5.41) is 13.9. The van der Waals surface area contributed by atoms with Crippen LogP contribution in [0.1, 0.15) is 232 Å². The summed E-state index contributed by atoms with van der Waals surface area (Å²) in [5.41, 5.74) is 0. The lowest BCUT2D eigenvalue weighted by atomic mass is 10.0. The number of nitrogens with zero attached hydrogens (tertiary/aromatic N) is 1. The second-order valence-corrected chi connectivity index (χ2v) is 20.7. The van der Waals surface area contributed by atoms with E-state index in [2.05, 4.69) is 67.8 Å². The van der Waals surface area contributed by atoms with E-state index >= 15 is 0 Å². The number of carbonyl (C=O) groups excluding carboxylic acids is 1. The van der Waals surface area contributed by atoms with E-state index in [0.717, 1.165) is 77.0 Å². The number of carbonyl (C=O) groups is 1. The van der Waals surface area contributed by atoms with Crippen molar-refractivity contribution in [3.05, 3.63) is 60.8 Å². The number of unbranched alkanes of at least 4 members (excludes halogenated alkanes) is 27. The fraction of sp³-hybridized carbons (Fsp3) is 0.800. The van der Waals surface area contributed by atoms with Crippen LogP contribution in [0.5, 0.6) is 0 Å². The second kappa shape index (κ2) is 46.3. The van der Waals surface area contributed by atoms with Gasteiger partial charge in [0.05, 0.1) is 39.9 Å². The summed E-state index contributed by atoms with van der Waals surface area (Å²) in [7, 11) is 1.54. The molecule has 374 valence electrons. The molecule has 3 unspecified atom stereocenters. The molecule has 0 aromatic rings. The molecule has 64 heavy (non-hydrogen) atoms. The van der Waals surface area contributed by atoms with Gasteiger partial charge in [0.1, 0.15) is 13.2 Å². The van der Waals surface area contributed by atoms with Crippen LogP contribution in [-0.2, 0) is 18.4 Å². The van der Waals surface area contributed by atoms with E-state index in [-0.39, 0.29) is 19.1 Å². The molecule has 0 aromatic carbocycles. The number of amides is 1. The van der Waals surface area contributed by atoms with Crippen LogP contribution in [0.4, 0.5) is 0 Å². The summed E-state index contributed by atoms with van der Waals surface area (Å²) in [4.78, 5) is 23.2. The molecule has 0 saturated carbocycles. The number of phosphoric acid groups is 1. The van der Waals surface area contributed by atoms with Crippen molar-refractivity contribution in [2.24, 2.45) is 0 Å². The van der Waals surface area contributed by atoms with Gasteiger partial charge in [-0.3, -0.25) is 13.8 Å². The lowest BCUT2D eigenvalue weighted by Crippen LogP contribution is -2.45. The van der Waals surface area contributed by atoms with Crippen LogP contribution in [0.15, 0.2) is 60.8 Å². The van der Waals surface area contributed by atoms with Crippen molar-refractivity contribution in [3.63, 3.8) is 0 Å². The number of hydrogen-bond acceptors (Lipinski definition) is 5. The van der Waals surface area contributed by atoms with Gasteiger partial charge in [0.15, 0.2) is 0 Å². The minimum absolute atomic E-state index is 0.0503. The molecule has 0 aliphatic heterocycles. The average Bonchev–Trinajstić information content (AvgIpc) is 3.25. The van der Waals surface area contributed by atoms with Crippen molar-refractivity contribution in [2.45, 2.75) is 244 Å². The summed E-state index contributed by atoms with van der Waals surface area (Å²) in [6.07, 6.45) is 61.8. The van der Waals surface area contributed by atoms with Gasteiger partial charge in [-0.05, 0) is 64.2 Å². The van der Waals surface area contributed by atoms with Crippen LogP contribution >= 0.6 is 7.82 Å². The standard InChI is InChI=1S/C55H103N2O6P/c1-6-8-10-12-14-16-18-20-22-23-24-25-26-27-28-29-30-31-32-33-35-36-38-40-42-44-46-48-54(58)53(52-63-64(60,61)62-51-50-57(3,4)5)56-55(59)49-47-45-43-41-39-37-34-21-19-17-15-13-11-9-7-2/h9,11,15,17,21,34,38,40,46,48,53-54,58H,6-8,10,12-14,16,18-20,22-33,35-37,39,41-45,47,49-52H2,1-5H3,(H-,56,59,60,61)/p+1/b11-9-,17-15-,34-21-,40-38+,48-46+. The Kier molecular flexibility index (Phi) is 45.0. The van der Waals surface area contributed by atoms with Gasteiger partial charge in [0.25, 0.3) is 0 Å². The summed E-state index contributed by atoms with van der Waals surface area (Å²) < 4.78 is 23.6. The van der Waals surface area contributed by atoms with Gasteiger partial charge in [-0.25, -0.2) is 4.57 Å². The predicted octanol–water partition coefficient (Wildman–Crippen LogP) is 15.8. The lowest BCUT2D eigenvalue weighted by Gasteiger charge is -2.25. The van der Waals surface area contributed by atoms with Gasteiger partial charge >= 0.3 is 7.82 Å². The Morgan fingerprint density at radius 2 is 0.953 bits per heavy atom. The monoisotopic (exact) mass is 920 g/mol. The molecule has 0 radical (unpaired) electrons. The highest BCUT2D eigenvalue weighted by molar-refractivity contribution is 7.47. The maximum atomic E-state index is 12.9. The minimum Gasteiger partial charge on any atom is -0.387 e. The zero-order chi connectivity index (χ0) is 47.1. The maximum absolute atomic E-state index is 12.9. The topological polar surface area (TPSA) is 105 Å². The second-order valence-electron chi connectivity index (χ2n) is 19.2. The first-order chi connectivity index (χ1) is 31.0. The molecule has 8 nitrogen and oxygen atoms in total. The maximum Gasteiger partial charge on any atom is 0.472 e. The molecule has 9 heteroatoms. The van der Waals surface area contributed by atoms with E-state index in [4.69, 9.17) is 9.05 Å². The molecule has 0 spiro atoms. The normalized spacial score (nSPS) is 14.5. The molecule has 1 amide bonds. The minimum atomic E-state index is -4.36. The SMILES string of the molecule is CC/C=C\C/C=C\C/C=C\CCCCCCCC(=O)NC(COP(=O)(O)OCC[N+](C)(C)C)C(O)/C=C/CC/C=C/CCCCCCCCCCCCCCCCCCCCCCC. The van der Waals surface area contributed by atoms with Crippen molar-refractivity contribution in [3.8, 4) is 0 Å². The van der Waals surface area contributed by atoms with E-state index < -0.39 is 20.0 Å². The number of allylic oxidation sites excluding steroid dienone is 9. The number of rotatable bonds is 48. The van der Waals surface area contributed by atoms with Gasteiger partial charge in [-0.15, -0.1) is 0 Å². The third-order valence-electron chi connectivity index (χ3n) is 11.7. The fourth-order valence-electron chi connectivity index (χ4n) is 7.54. The third kappa shape index (κ3) is 48.1. The lowest BCUT2D eigenvalue weighted by molar-refractivity contribution is -0.870. The van der Waals surface area contributed by atoms with Gasteiger partial charge in [0.2, 0.25) is 5.91 Å². The number of hydrogen-bond donors (Lipinski definition) is 3. The Morgan fingerprint density at radius 3 is 1.44 bits per heavy atom. The fourth-order valence-corrected chi connectivity index (χ4v) is 8.28. The van der Waals surface area contributed by atoms with Crippen LogP contribution < -0.4 is 5.32 Å². The molecule has 0 saturated heterocycles. The first-order valence-corrected chi connectivity index (χ1v) is 28.2. The number of nitrogens with one attached hydrogen (secondary N) is 1. The zero-order valence-corrected chi connectivity index (χ0v) is 43.4. The van der Waals surface area contributed by atoms with E-state index in [0.29, 0.717) is 17.4 Å². The van der Waals surface area contributed by atoms with Gasteiger partial charge < -0.3 is 19.8 Å². The smallest absolute Gasteiger partial charge is 0.387 e.